The van der Waals surface area contributed by atoms with Gasteiger partial charge in [0.1, 0.15) is 19.0 Å². The summed E-state index contributed by atoms with van der Waals surface area (Å²) in [7, 11) is 0. The zero-order valence-corrected chi connectivity index (χ0v) is 13.0. The number of nitrogens with one attached hydrogen (secondary N) is 1. The number of carbonyl (C=O) groups is 1. The molecule has 0 radical (unpaired) electrons. The lowest BCUT2D eigenvalue weighted by atomic mass is 10.1. The summed E-state index contributed by atoms with van der Waals surface area (Å²) in [5.41, 5.74) is 2.06. The molecule has 1 N–H and O–H groups in total. The van der Waals surface area contributed by atoms with Gasteiger partial charge in [0.05, 0.1) is 0 Å². The van der Waals surface area contributed by atoms with Crippen molar-refractivity contribution in [1.82, 2.24) is 5.32 Å². The summed E-state index contributed by atoms with van der Waals surface area (Å²) in [5, 5.41) is 2.86. The maximum atomic E-state index is 11.9. The van der Waals surface area contributed by atoms with Gasteiger partial charge in [0.2, 0.25) is 0 Å². The topological polar surface area (TPSA) is 56.8 Å². The van der Waals surface area contributed by atoms with Crippen LogP contribution >= 0.6 is 0 Å². The first-order chi connectivity index (χ1) is 11.2. The first kappa shape index (κ1) is 15.2. The molecule has 0 bridgehead atoms. The van der Waals surface area contributed by atoms with Crippen LogP contribution in [-0.4, -0.2) is 25.7 Å². The second-order valence-corrected chi connectivity index (χ2v) is 5.30. The third kappa shape index (κ3) is 3.94. The smallest absolute Gasteiger partial charge is 0.258 e. The second kappa shape index (κ2) is 7.05. The molecule has 0 unspecified atom stereocenters. The van der Waals surface area contributed by atoms with Gasteiger partial charge in [0, 0.05) is 6.54 Å². The SMILES string of the molecule is Cc1cc2c(cc1CNC(=O)COc1ccccc1)OCCO2. The van der Waals surface area contributed by atoms with E-state index in [4.69, 9.17) is 14.2 Å². The van der Waals surface area contributed by atoms with Crippen LogP contribution in [0.25, 0.3) is 0 Å². The molecule has 3 rings (SSSR count). The van der Waals surface area contributed by atoms with Crippen molar-refractivity contribution in [2.24, 2.45) is 0 Å². The maximum absolute atomic E-state index is 11.9. The number of hydrogen-bond acceptors (Lipinski definition) is 4. The Morgan fingerprint density at radius 2 is 1.83 bits per heavy atom. The van der Waals surface area contributed by atoms with Crippen molar-refractivity contribution in [3.05, 3.63) is 53.6 Å². The van der Waals surface area contributed by atoms with Crippen molar-refractivity contribution < 1.29 is 19.0 Å². The summed E-state index contributed by atoms with van der Waals surface area (Å²) in [6.07, 6.45) is 0. The van der Waals surface area contributed by atoms with Crippen LogP contribution in [0.2, 0.25) is 0 Å². The molecule has 5 nitrogen and oxygen atoms in total. The van der Waals surface area contributed by atoms with E-state index in [0.717, 1.165) is 22.6 Å². The van der Waals surface area contributed by atoms with Crippen molar-refractivity contribution in [2.75, 3.05) is 19.8 Å². The zero-order chi connectivity index (χ0) is 16.1. The predicted octanol–water partition coefficient (Wildman–Crippen LogP) is 2.46. The summed E-state index contributed by atoms with van der Waals surface area (Å²) in [5.74, 6) is 2.00. The molecular formula is C18H19NO4. The number of amides is 1. The van der Waals surface area contributed by atoms with Gasteiger partial charge in [-0.3, -0.25) is 4.79 Å². The van der Waals surface area contributed by atoms with Crippen LogP contribution < -0.4 is 19.5 Å². The van der Waals surface area contributed by atoms with E-state index in [9.17, 15) is 4.79 Å². The zero-order valence-electron chi connectivity index (χ0n) is 13.0. The summed E-state index contributed by atoms with van der Waals surface area (Å²) in [4.78, 5) is 11.9. The highest BCUT2D eigenvalue weighted by Gasteiger charge is 2.14. The van der Waals surface area contributed by atoms with E-state index in [2.05, 4.69) is 5.32 Å². The van der Waals surface area contributed by atoms with Crippen LogP contribution in [0.4, 0.5) is 0 Å². The fraction of sp³-hybridized carbons (Fsp3) is 0.278. The van der Waals surface area contributed by atoms with Gasteiger partial charge in [-0.25, -0.2) is 0 Å². The van der Waals surface area contributed by atoms with E-state index >= 15 is 0 Å². The minimum atomic E-state index is -0.164. The molecule has 2 aromatic rings. The molecule has 0 saturated carbocycles. The molecule has 0 saturated heterocycles. The van der Waals surface area contributed by atoms with Crippen molar-refractivity contribution >= 4 is 5.91 Å². The van der Waals surface area contributed by atoms with Crippen molar-refractivity contribution in [3.8, 4) is 17.2 Å². The molecule has 1 amide bonds. The monoisotopic (exact) mass is 313 g/mol. The fourth-order valence-electron chi connectivity index (χ4n) is 2.33. The lowest BCUT2D eigenvalue weighted by Crippen LogP contribution is -2.28. The van der Waals surface area contributed by atoms with Gasteiger partial charge in [-0.2, -0.15) is 0 Å². The molecule has 0 aliphatic carbocycles. The summed E-state index contributed by atoms with van der Waals surface area (Å²) in [6.45, 7) is 3.53. The Labute approximate surface area is 135 Å². The third-order valence-corrected chi connectivity index (χ3v) is 3.59. The molecule has 120 valence electrons. The van der Waals surface area contributed by atoms with E-state index < -0.39 is 0 Å². The van der Waals surface area contributed by atoms with Crippen LogP contribution in [0.1, 0.15) is 11.1 Å². The largest absolute Gasteiger partial charge is 0.486 e. The standard InChI is InChI=1S/C18H19NO4/c1-13-9-16-17(22-8-7-21-16)10-14(13)11-19-18(20)12-23-15-5-3-2-4-6-15/h2-6,9-10H,7-8,11-12H2,1H3,(H,19,20). The van der Waals surface area contributed by atoms with Crippen LogP contribution in [0, 0.1) is 6.92 Å². The minimum absolute atomic E-state index is 0.00634. The van der Waals surface area contributed by atoms with E-state index in [1.807, 2.05) is 49.4 Å². The highest BCUT2D eigenvalue weighted by Crippen LogP contribution is 2.32. The van der Waals surface area contributed by atoms with E-state index in [1.54, 1.807) is 0 Å². The average molecular weight is 313 g/mol. The molecular weight excluding hydrogens is 294 g/mol. The quantitative estimate of drug-likeness (QED) is 0.921. The number of rotatable bonds is 5. The Kier molecular flexibility index (Phi) is 4.66. The molecule has 5 heteroatoms. The molecule has 1 heterocycles. The van der Waals surface area contributed by atoms with Gasteiger partial charge < -0.3 is 19.5 Å². The summed E-state index contributed by atoms with van der Waals surface area (Å²) < 4.78 is 16.5. The van der Waals surface area contributed by atoms with Gasteiger partial charge in [-0.15, -0.1) is 0 Å². The first-order valence-corrected chi connectivity index (χ1v) is 7.56. The Bertz CT molecular complexity index is 685. The number of hydrogen-bond donors (Lipinski definition) is 1. The van der Waals surface area contributed by atoms with Crippen molar-refractivity contribution in [3.63, 3.8) is 0 Å². The molecule has 0 fully saturated rings. The van der Waals surface area contributed by atoms with Gasteiger partial charge in [-0.1, -0.05) is 18.2 Å². The number of aryl methyl sites for hydroxylation is 1. The third-order valence-electron chi connectivity index (χ3n) is 3.59. The Morgan fingerprint density at radius 3 is 2.57 bits per heavy atom. The van der Waals surface area contributed by atoms with Crippen molar-refractivity contribution in [1.29, 1.82) is 0 Å². The first-order valence-electron chi connectivity index (χ1n) is 7.56. The van der Waals surface area contributed by atoms with Gasteiger partial charge >= 0.3 is 0 Å². The van der Waals surface area contributed by atoms with Gasteiger partial charge in [-0.05, 0) is 42.3 Å². The lowest BCUT2D eigenvalue weighted by Gasteiger charge is -2.20. The molecule has 23 heavy (non-hydrogen) atoms. The second-order valence-electron chi connectivity index (χ2n) is 5.30. The van der Waals surface area contributed by atoms with E-state index in [1.165, 1.54) is 0 Å². The summed E-state index contributed by atoms with van der Waals surface area (Å²) in [6, 6.07) is 13.1. The maximum Gasteiger partial charge on any atom is 0.258 e. The Balaban J connectivity index is 1.54. The molecule has 0 aromatic heterocycles. The number of para-hydroxylation sites is 1. The number of ether oxygens (including phenoxy) is 3. The number of benzene rings is 2. The van der Waals surface area contributed by atoms with Crippen LogP contribution in [0.5, 0.6) is 17.2 Å². The molecule has 1 aliphatic heterocycles. The van der Waals surface area contributed by atoms with Crippen LogP contribution in [-0.2, 0) is 11.3 Å². The molecule has 1 aliphatic rings. The van der Waals surface area contributed by atoms with E-state index in [0.29, 0.717) is 25.5 Å². The Morgan fingerprint density at radius 1 is 1.13 bits per heavy atom. The Hall–Kier alpha value is -2.69. The predicted molar refractivity (Wildman–Crippen MR) is 86.0 cm³/mol. The molecule has 2 aromatic carbocycles. The number of carbonyl (C=O) groups excluding carboxylic acids is 1. The normalized spacial score (nSPS) is 12.6. The minimum Gasteiger partial charge on any atom is -0.486 e. The van der Waals surface area contributed by atoms with E-state index in [-0.39, 0.29) is 12.5 Å². The van der Waals surface area contributed by atoms with Crippen molar-refractivity contribution in [2.45, 2.75) is 13.5 Å². The van der Waals surface area contributed by atoms with Gasteiger partial charge in [0.25, 0.3) is 5.91 Å². The fourth-order valence-corrected chi connectivity index (χ4v) is 2.33. The van der Waals surface area contributed by atoms with Gasteiger partial charge in [0.15, 0.2) is 18.1 Å². The average Bonchev–Trinajstić information content (AvgIpc) is 2.59. The lowest BCUT2D eigenvalue weighted by molar-refractivity contribution is -0.123. The highest BCUT2D eigenvalue weighted by atomic mass is 16.6. The molecule has 0 spiro atoms. The highest BCUT2D eigenvalue weighted by molar-refractivity contribution is 5.77. The van der Waals surface area contributed by atoms with Crippen LogP contribution in [0.15, 0.2) is 42.5 Å². The number of fused-ring (bicyclic) bond motifs is 1. The van der Waals surface area contributed by atoms with Crippen LogP contribution in [0.3, 0.4) is 0 Å². The summed E-state index contributed by atoms with van der Waals surface area (Å²) >= 11 is 0. The molecule has 0 atom stereocenters.